The lowest BCUT2D eigenvalue weighted by Crippen LogP contribution is -2.13. The molecule has 1 aromatic carbocycles. The van der Waals surface area contributed by atoms with Gasteiger partial charge in [-0.1, -0.05) is 26.0 Å². The Kier molecular flexibility index (Phi) is 5.90. The molecule has 0 heterocycles. The highest BCUT2D eigenvalue weighted by molar-refractivity contribution is 5.28. The molecule has 1 aromatic rings. The van der Waals surface area contributed by atoms with Gasteiger partial charge in [0.05, 0.1) is 13.2 Å². The van der Waals surface area contributed by atoms with E-state index in [4.69, 9.17) is 15.2 Å². The normalized spacial score (nSPS) is 10.8. The first-order valence-electron chi connectivity index (χ1n) is 5.74. The zero-order valence-electron chi connectivity index (χ0n) is 10.1. The minimum atomic E-state index is 0.557. The van der Waals surface area contributed by atoms with Gasteiger partial charge in [0, 0.05) is 6.54 Å². The predicted octanol–water partition coefficient (Wildman–Crippen LogP) is 2.16. The first-order valence-corrected chi connectivity index (χ1v) is 5.74. The van der Waals surface area contributed by atoms with E-state index >= 15 is 0 Å². The van der Waals surface area contributed by atoms with Crippen LogP contribution < -0.4 is 10.5 Å². The fraction of sp³-hybridized carbons (Fsp3) is 0.538. The molecule has 0 aliphatic rings. The summed E-state index contributed by atoms with van der Waals surface area (Å²) in [6.07, 6.45) is 0. The van der Waals surface area contributed by atoms with E-state index in [1.807, 2.05) is 12.1 Å². The highest BCUT2D eigenvalue weighted by atomic mass is 16.5. The van der Waals surface area contributed by atoms with E-state index < -0.39 is 0 Å². The van der Waals surface area contributed by atoms with E-state index in [-0.39, 0.29) is 0 Å². The largest absolute Gasteiger partial charge is 0.491 e. The first-order chi connectivity index (χ1) is 7.74. The number of hydrogen-bond donors (Lipinski definition) is 1. The average molecular weight is 223 g/mol. The van der Waals surface area contributed by atoms with Crippen LogP contribution in [0.25, 0.3) is 0 Å². The van der Waals surface area contributed by atoms with Crippen molar-refractivity contribution in [3.63, 3.8) is 0 Å². The highest BCUT2D eigenvalue weighted by Gasteiger charge is 1.99. The number of nitrogens with two attached hydrogens (primary N) is 1. The van der Waals surface area contributed by atoms with Gasteiger partial charge in [-0.05, 0) is 23.6 Å². The molecular formula is C13H21NO2. The molecule has 0 spiro atoms. The molecular weight excluding hydrogens is 202 g/mol. The van der Waals surface area contributed by atoms with Crippen molar-refractivity contribution in [3.8, 4) is 5.75 Å². The lowest BCUT2D eigenvalue weighted by molar-refractivity contribution is 0.106. The smallest absolute Gasteiger partial charge is 0.119 e. The van der Waals surface area contributed by atoms with E-state index in [1.165, 1.54) is 5.56 Å². The van der Waals surface area contributed by atoms with Crippen molar-refractivity contribution in [3.05, 3.63) is 29.8 Å². The lowest BCUT2D eigenvalue weighted by atomic mass is 10.0. The minimum Gasteiger partial charge on any atom is -0.491 e. The second-order valence-corrected chi connectivity index (χ2v) is 3.97. The van der Waals surface area contributed by atoms with Gasteiger partial charge in [-0.2, -0.15) is 0 Å². The molecule has 16 heavy (non-hydrogen) atoms. The zero-order valence-corrected chi connectivity index (χ0v) is 10.1. The van der Waals surface area contributed by atoms with Crippen LogP contribution in [0.1, 0.15) is 25.3 Å². The van der Waals surface area contributed by atoms with E-state index in [2.05, 4.69) is 26.0 Å². The Morgan fingerprint density at radius 3 is 2.31 bits per heavy atom. The third kappa shape index (κ3) is 4.64. The monoisotopic (exact) mass is 223 g/mol. The second-order valence-electron chi connectivity index (χ2n) is 3.97. The minimum absolute atomic E-state index is 0.557. The van der Waals surface area contributed by atoms with Crippen LogP contribution in [0.4, 0.5) is 0 Å². The van der Waals surface area contributed by atoms with Gasteiger partial charge < -0.3 is 15.2 Å². The number of benzene rings is 1. The Balaban J connectivity index is 2.27. The molecule has 1 rings (SSSR count). The molecule has 0 saturated carbocycles. The maximum Gasteiger partial charge on any atom is 0.119 e. The molecule has 2 N–H and O–H groups in total. The third-order valence-electron chi connectivity index (χ3n) is 2.31. The standard InChI is InChI=1S/C13H21NO2/c1-11(2)12-3-5-13(6-4-12)16-10-9-15-8-7-14/h3-6,11H,7-10,14H2,1-2H3. The van der Waals surface area contributed by atoms with Gasteiger partial charge in [0.2, 0.25) is 0 Å². The molecule has 0 saturated heterocycles. The van der Waals surface area contributed by atoms with Crippen LogP contribution in [0.5, 0.6) is 5.75 Å². The maximum atomic E-state index is 5.52. The molecule has 0 bridgehead atoms. The molecule has 3 nitrogen and oxygen atoms in total. The van der Waals surface area contributed by atoms with Gasteiger partial charge in [-0.15, -0.1) is 0 Å². The van der Waals surface area contributed by atoms with Crippen LogP contribution in [-0.4, -0.2) is 26.4 Å². The SMILES string of the molecule is CC(C)c1ccc(OCCOCCN)cc1. The Morgan fingerprint density at radius 1 is 1.06 bits per heavy atom. The highest BCUT2D eigenvalue weighted by Crippen LogP contribution is 2.18. The van der Waals surface area contributed by atoms with Crippen molar-refractivity contribution in [2.24, 2.45) is 5.73 Å². The lowest BCUT2D eigenvalue weighted by Gasteiger charge is -2.09. The molecule has 0 atom stereocenters. The van der Waals surface area contributed by atoms with Crippen LogP contribution >= 0.6 is 0 Å². The molecule has 3 heteroatoms. The summed E-state index contributed by atoms with van der Waals surface area (Å²) in [5.74, 6) is 1.45. The van der Waals surface area contributed by atoms with E-state index in [0.717, 1.165) is 5.75 Å². The molecule has 0 fully saturated rings. The van der Waals surface area contributed by atoms with E-state index in [0.29, 0.717) is 32.3 Å². The molecule has 0 amide bonds. The molecule has 0 aliphatic carbocycles. The number of hydrogen-bond acceptors (Lipinski definition) is 3. The molecule has 0 unspecified atom stereocenters. The van der Waals surface area contributed by atoms with Crippen molar-refractivity contribution in [1.82, 2.24) is 0 Å². The number of ether oxygens (including phenoxy) is 2. The van der Waals surface area contributed by atoms with Gasteiger partial charge in [0.15, 0.2) is 0 Å². The maximum absolute atomic E-state index is 5.52. The molecule has 0 radical (unpaired) electrons. The Labute approximate surface area is 97.6 Å². The van der Waals surface area contributed by atoms with E-state index in [1.54, 1.807) is 0 Å². The first kappa shape index (κ1) is 13.0. The van der Waals surface area contributed by atoms with Gasteiger partial charge in [-0.25, -0.2) is 0 Å². The zero-order chi connectivity index (χ0) is 11.8. The van der Waals surface area contributed by atoms with Crippen molar-refractivity contribution in [1.29, 1.82) is 0 Å². The Hall–Kier alpha value is -1.06. The Morgan fingerprint density at radius 2 is 1.75 bits per heavy atom. The van der Waals surface area contributed by atoms with Gasteiger partial charge in [-0.3, -0.25) is 0 Å². The average Bonchev–Trinajstić information content (AvgIpc) is 2.29. The molecule has 90 valence electrons. The van der Waals surface area contributed by atoms with Gasteiger partial charge >= 0.3 is 0 Å². The summed E-state index contributed by atoms with van der Waals surface area (Å²) in [5, 5.41) is 0. The summed E-state index contributed by atoms with van der Waals surface area (Å²) in [6.45, 7) is 6.66. The summed E-state index contributed by atoms with van der Waals surface area (Å²) in [4.78, 5) is 0. The summed E-state index contributed by atoms with van der Waals surface area (Å²) >= 11 is 0. The molecule has 0 aliphatic heterocycles. The van der Waals surface area contributed by atoms with E-state index in [9.17, 15) is 0 Å². The van der Waals surface area contributed by atoms with Crippen molar-refractivity contribution in [2.45, 2.75) is 19.8 Å². The van der Waals surface area contributed by atoms with Crippen LogP contribution in [0.2, 0.25) is 0 Å². The van der Waals surface area contributed by atoms with Crippen LogP contribution in [0.15, 0.2) is 24.3 Å². The number of rotatable bonds is 7. The van der Waals surface area contributed by atoms with Gasteiger partial charge in [0.25, 0.3) is 0 Å². The topological polar surface area (TPSA) is 44.5 Å². The summed E-state index contributed by atoms with van der Waals surface area (Å²) in [7, 11) is 0. The van der Waals surface area contributed by atoms with Crippen LogP contribution in [0, 0.1) is 0 Å². The van der Waals surface area contributed by atoms with Gasteiger partial charge in [0.1, 0.15) is 12.4 Å². The summed E-state index contributed by atoms with van der Waals surface area (Å²) in [5.41, 5.74) is 6.63. The third-order valence-corrected chi connectivity index (χ3v) is 2.31. The van der Waals surface area contributed by atoms with Crippen LogP contribution in [0.3, 0.4) is 0 Å². The summed E-state index contributed by atoms with van der Waals surface area (Å²) < 4.78 is 10.7. The second kappa shape index (κ2) is 7.25. The fourth-order valence-corrected chi connectivity index (χ4v) is 1.35. The predicted molar refractivity (Wildman–Crippen MR) is 65.9 cm³/mol. The van der Waals surface area contributed by atoms with Crippen molar-refractivity contribution in [2.75, 3.05) is 26.4 Å². The van der Waals surface area contributed by atoms with Crippen molar-refractivity contribution < 1.29 is 9.47 Å². The molecule has 0 aromatic heterocycles. The quantitative estimate of drug-likeness (QED) is 0.720. The summed E-state index contributed by atoms with van der Waals surface area (Å²) in [6, 6.07) is 8.19. The van der Waals surface area contributed by atoms with Crippen molar-refractivity contribution >= 4 is 0 Å². The van der Waals surface area contributed by atoms with Crippen LogP contribution in [-0.2, 0) is 4.74 Å². The fourth-order valence-electron chi connectivity index (χ4n) is 1.35. The Bertz CT molecular complexity index is 282.